The van der Waals surface area contributed by atoms with Crippen molar-refractivity contribution in [3.05, 3.63) is 0 Å². The molecule has 6 heteroatoms. The fourth-order valence-electron chi connectivity index (χ4n) is 1.00. The van der Waals surface area contributed by atoms with Crippen LogP contribution in [0.3, 0.4) is 0 Å². The first kappa shape index (κ1) is 10.2. The van der Waals surface area contributed by atoms with Crippen LogP contribution in [-0.4, -0.2) is 42.8 Å². The molecule has 1 unspecified atom stereocenters. The van der Waals surface area contributed by atoms with Crippen molar-refractivity contribution >= 4 is 12.0 Å². The van der Waals surface area contributed by atoms with Crippen LogP contribution >= 0.6 is 0 Å². The van der Waals surface area contributed by atoms with Crippen molar-refractivity contribution in [3.8, 4) is 0 Å². The van der Waals surface area contributed by atoms with E-state index in [1.807, 2.05) is 0 Å². The first-order valence-electron chi connectivity index (χ1n) is 3.73. The Kier molecular flexibility index (Phi) is 2.70. The number of Topliss-reactive ketones (excluding diaryl/α,β-unsaturated/α-hetero) is 1. The maximum atomic E-state index is 12.0. The van der Waals surface area contributed by atoms with Gasteiger partial charge in [-0.1, -0.05) is 0 Å². The lowest BCUT2D eigenvalue weighted by Crippen LogP contribution is -2.40. The first-order chi connectivity index (χ1) is 5.91. The first-order valence-corrected chi connectivity index (χ1v) is 3.73. The van der Waals surface area contributed by atoms with Gasteiger partial charge in [0.15, 0.2) is 5.78 Å². The molecule has 1 aliphatic heterocycles. The fourth-order valence-corrected chi connectivity index (χ4v) is 1.00. The van der Waals surface area contributed by atoms with Crippen LogP contribution in [-0.2, 0) is 4.79 Å². The summed E-state index contributed by atoms with van der Waals surface area (Å²) in [5, 5.41) is 0. The standard InChI is InChI=1S/C7H9F3N2O/c1-12(7(8,9)10)4-5-6(13)2-3-11-5/h3,5H,2,4H2,1H3. The number of rotatable bonds is 2. The largest absolute Gasteiger partial charge is 0.459 e. The molecule has 0 spiro atoms. The number of halogens is 3. The minimum absolute atomic E-state index is 0.149. The minimum atomic E-state index is -4.39. The lowest BCUT2D eigenvalue weighted by atomic mass is 10.2. The number of ketones is 1. The number of nitrogens with zero attached hydrogens (tertiary/aromatic N) is 2. The van der Waals surface area contributed by atoms with Crippen molar-refractivity contribution in [1.29, 1.82) is 0 Å². The summed E-state index contributed by atoms with van der Waals surface area (Å²) in [6.07, 6.45) is -2.88. The van der Waals surface area contributed by atoms with Gasteiger partial charge in [-0.25, -0.2) is 4.90 Å². The van der Waals surface area contributed by atoms with Crippen LogP contribution < -0.4 is 0 Å². The van der Waals surface area contributed by atoms with Gasteiger partial charge in [0, 0.05) is 19.2 Å². The average molecular weight is 194 g/mol. The molecule has 0 aromatic carbocycles. The van der Waals surface area contributed by atoms with Crippen molar-refractivity contribution in [2.24, 2.45) is 4.99 Å². The lowest BCUT2D eigenvalue weighted by Gasteiger charge is -2.21. The molecule has 0 bridgehead atoms. The number of carbonyl (C=O) groups excluding carboxylic acids is 1. The molecule has 0 radical (unpaired) electrons. The molecule has 74 valence electrons. The zero-order valence-corrected chi connectivity index (χ0v) is 7.01. The molecule has 3 nitrogen and oxygen atoms in total. The highest BCUT2D eigenvalue weighted by molar-refractivity contribution is 6.00. The molecule has 0 saturated heterocycles. The van der Waals surface area contributed by atoms with Gasteiger partial charge >= 0.3 is 6.30 Å². The van der Waals surface area contributed by atoms with Crippen molar-refractivity contribution in [3.63, 3.8) is 0 Å². The maximum Gasteiger partial charge on any atom is 0.459 e. The predicted molar refractivity (Wildman–Crippen MR) is 40.6 cm³/mol. The quantitative estimate of drug-likeness (QED) is 0.610. The molecule has 1 atom stereocenters. The summed E-state index contributed by atoms with van der Waals surface area (Å²) < 4.78 is 36.0. The number of hydrogen-bond donors (Lipinski definition) is 0. The molecule has 0 aromatic heterocycles. The highest BCUT2D eigenvalue weighted by Crippen LogP contribution is 2.20. The van der Waals surface area contributed by atoms with Crippen LogP contribution in [0.4, 0.5) is 13.2 Å². The van der Waals surface area contributed by atoms with Crippen molar-refractivity contribution in [2.75, 3.05) is 13.6 Å². The Morgan fingerprint density at radius 2 is 2.31 bits per heavy atom. The van der Waals surface area contributed by atoms with E-state index in [4.69, 9.17) is 0 Å². The van der Waals surface area contributed by atoms with Crippen molar-refractivity contribution in [1.82, 2.24) is 4.90 Å². The average Bonchev–Trinajstić information content (AvgIpc) is 2.34. The second-order valence-electron chi connectivity index (χ2n) is 2.87. The molecule has 0 saturated carbocycles. The Morgan fingerprint density at radius 1 is 1.69 bits per heavy atom. The van der Waals surface area contributed by atoms with E-state index in [9.17, 15) is 18.0 Å². The lowest BCUT2D eigenvalue weighted by molar-refractivity contribution is -0.236. The highest BCUT2D eigenvalue weighted by atomic mass is 19.4. The number of carbonyl (C=O) groups is 1. The third-order valence-electron chi connectivity index (χ3n) is 1.83. The van der Waals surface area contributed by atoms with Crippen molar-refractivity contribution in [2.45, 2.75) is 18.8 Å². The Labute approximate surface area is 73.2 Å². The number of likely N-dealkylation sites (N-methyl/N-ethyl adjacent to an activating group) is 1. The molecule has 1 rings (SSSR count). The van der Waals surface area contributed by atoms with E-state index in [0.29, 0.717) is 0 Å². The number of hydrogen-bond acceptors (Lipinski definition) is 3. The van der Waals surface area contributed by atoms with E-state index < -0.39 is 18.9 Å². The van der Waals surface area contributed by atoms with E-state index in [1.54, 1.807) is 0 Å². The molecular weight excluding hydrogens is 185 g/mol. The fraction of sp³-hybridized carbons (Fsp3) is 0.714. The number of alkyl halides is 3. The summed E-state index contributed by atoms with van der Waals surface area (Å²) in [5.74, 6) is -0.254. The van der Waals surface area contributed by atoms with E-state index in [2.05, 4.69) is 4.99 Å². The molecule has 0 N–H and O–H groups in total. The molecule has 0 amide bonds. The van der Waals surface area contributed by atoms with Gasteiger partial charge < -0.3 is 0 Å². The molecule has 1 aliphatic rings. The molecule has 0 aromatic rings. The van der Waals surface area contributed by atoms with E-state index in [1.165, 1.54) is 6.21 Å². The summed E-state index contributed by atoms with van der Waals surface area (Å²) in [6.45, 7) is -0.390. The molecule has 1 heterocycles. The van der Waals surface area contributed by atoms with Crippen LogP contribution in [0.1, 0.15) is 6.42 Å². The Hall–Kier alpha value is -0.910. The Morgan fingerprint density at radius 3 is 2.69 bits per heavy atom. The monoisotopic (exact) mass is 194 g/mol. The van der Waals surface area contributed by atoms with Crippen LogP contribution in [0.15, 0.2) is 4.99 Å². The highest BCUT2D eigenvalue weighted by Gasteiger charge is 2.37. The van der Waals surface area contributed by atoms with Crippen LogP contribution in [0.5, 0.6) is 0 Å². The van der Waals surface area contributed by atoms with Gasteiger partial charge in [0.25, 0.3) is 0 Å². The van der Waals surface area contributed by atoms with Gasteiger partial charge in [-0.05, 0) is 7.05 Å². The van der Waals surface area contributed by atoms with Gasteiger partial charge in [0.2, 0.25) is 0 Å². The summed E-state index contributed by atoms with van der Waals surface area (Å²) >= 11 is 0. The van der Waals surface area contributed by atoms with Crippen LogP contribution in [0, 0.1) is 0 Å². The third kappa shape index (κ3) is 2.51. The Balaban J connectivity index is 2.49. The summed E-state index contributed by atoms with van der Waals surface area (Å²) in [7, 11) is 0.904. The molecule has 13 heavy (non-hydrogen) atoms. The minimum Gasteiger partial charge on any atom is -0.297 e. The van der Waals surface area contributed by atoms with E-state index in [0.717, 1.165) is 7.05 Å². The van der Waals surface area contributed by atoms with Crippen molar-refractivity contribution < 1.29 is 18.0 Å². The molecular formula is C7H9F3N2O. The number of aliphatic imine (C=N–C) groups is 1. The second-order valence-corrected chi connectivity index (χ2v) is 2.87. The molecule has 0 fully saturated rings. The van der Waals surface area contributed by atoms with E-state index in [-0.39, 0.29) is 17.1 Å². The van der Waals surface area contributed by atoms with Gasteiger partial charge in [0.1, 0.15) is 6.04 Å². The van der Waals surface area contributed by atoms with Crippen LogP contribution in [0.25, 0.3) is 0 Å². The Bertz CT molecular complexity index is 236. The summed E-state index contributed by atoms with van der Waals surface area (Å²) in [4.78, 5) is 14.7. The zero-order chi connectivity index (χ0) is 10.1. The summed E-state index contributed by atoms with van der Waals surface area (Å²) in [6, 6.07) is -0.841. The maximum absolute atomic E-state index is 12.0. The second kappa shape index (κ2) is 3.45. The van der Waals surface area contributed by atoms with Crippen LogP contribution in [0.2, 0.25) is 0 Å². The van der Waals surface area contributed by atoms with E-state index >= 15 is 0 Å². The SMILES string of the molecule is CN(CC1N=CCC1=O)C(F)(F)F. The summed E-state index contributed by atoms with van der Waals surface area (Å²) in [5.41, 5.74) is 0. The van der Waals surface area contributed by atoms with Gasteiger partial charge in [-0.2, -0.15) is 13.2 Å². The smallest absolute Gasteiger partial charge is 0.297 e. The van der Waals surface area contributed by atoms with Gasteiger partial charge in [0.05, 0.1) is 0 Å². The van der Waals surface area contributed by atoms with Gasteiger partial charge in [-0.3, -0.25) is 9.79 Å². The zero-order valence-electron chi connectivity index (χ0n) is 7.01. The normalized spacial score (nSPS) is 23.2. The molecule has 0 aliphatic carbocycles. The van der Waals surface area contributed by atoms with Gasteiger partial charge in [-0.15, -0.1) is 0 Å². The topological polar surface area (TPSA) is 32.7 Å². The third-order valence-corrected chi connectivity index (χ3v) is 1.83. The predicted octanol–water partition coefficient (Wildman–Crippen LogP) is 0.850.